The number of rotatable bonds is 0. The topological polar surface area (TPSA) is 46.0 Å². The van der Waals surface area contributed by atoms with Crippen molar-refractivity contribution in [3.05, 3.63) is 33.6 Å². The summed E-state index contributed by atoms with van der Waals surface area (Å²) in [6.07, 6.45) is 1.61. The van der Waals surface area contributed by atoms with E-state index in [1.54, 1.807) is 10.8 Å². The fourth-order valence-electron chi connectivity index (χ4n) is 1.58. The SMILES string of the molecule is S=c1[nH]ncn2nc3ccc(Br)cc3c12. The molecule has 74 valence electrons. The van der Waals surface area contributed by atoms with Crippen LogP contribution >= 0.6 is 28.1 Å². The number of nitrogens with zero attached hydrogens (tertiary/aromatic N) is 3. The Balaban J connectivity index is 2.67. The van der Waals surface area contributed by atoms with E-state index in [0.29, 0.717) is 4.64 Å². The first-order valence-electron chi connectivity index (χ1n) is 4.27. The van der Waals surface area contributed by atoms with Crippen LogP contribution in [0.15, 0.2) is 29.0 Å². The summed E-state index contributed by atoms with van der Waals surface area (Å²) in [6.45, 7) is 0. The lowest BCUT2D eigenvalue weighted by Crippen LogP contribution is -1.91. The number of nitrogens with one attached hydrogen (secondary N) is 1. The molecule has 0 fully saturated rings. The number of aromatic nitrogens is 4. The second-order valence-corrected chi connectivity index (χ2v) is 4.46. The molecule has 4 nitrogen and oxygen atoms in total. The minimum atomic E-state index is 0.595. The molecular formula is C9H5BrN4S. The zero-order valence-electron chi connectivity index (χ0n) is 7.44. The lowest BCUT2D eigenvalue weighted by Gasteiger charge is -1.91. The molecule has 2 aromatic heterocycles. The largest absolute Gasteiger partial charge is 0.264 e. The third-order valence-electron chi connectivity index (χ3n) is 2.21. The van der Waals surface area contributed by atoms with Crippen LogP contribution in [0.5, 0.6) is 0 Å². The molecule has 0 unspecified atom stereocenters. The van der Waals surface area contributed by atoms with Gasteiger partial charge in [-0.3, -0.25) is 5.10 Å². The van der Waals surface area contributed by atoms with E-state index in [1.807, 2.05) is 18.2 Å². The molecule has 6 heteroatoms. The number of H-pyrrole nitrogens is 1. The van der Waals surface area contributed by atoms with Gasteiger partial charge >= 0.3 is 0 Å². The summed E-state index contributed by atoms with van der Waals surface area (Å²) in [7, 11) is 0. The maximum atomic E-state index is 5.18. The van der Waals surface area contributed by atoms with Gasteiger partial charge in [0.25, 0.3) is 0 Å². The van der Waals surface area contributed by atoms with Crippen molar-refractivity contribution in [3.63, 3.8) is 0 Å². The van der Waals surface area contributed by atoms with E-state index < -0.39 is 0 Å². The highest BCUT2D eigenvalue weighted by Crippen LogP contribution is 2.23. The van der Waals surface area contributed by atoms with Crippen molar-refractivity contribution in [2.75, 3.05) is 0 Å². The second kappa shape index (κ2) is 3.11. The molecule has 0 amide bonds. The minimum absolute atomic E-state index is 0.595. The van der Waals surface area contributed by atoms with Crippen LogP contribution in [-0.2, 0) is 0 Å². The zero-order chi connectivity index (χ0) is 10.4. The van der Waals surface area contributed by atoms with Gasteiger partial charge in [0.2, 0.25) is 0 Å². The fraction of sp³-hybridized carbons (Fsp3) is 0. The maximum Gasteiger partial charge on any atom is 0.146 e. The Morgan fingerprint density at radius 2 is 2.27 bits per heavy atom. The molecule has 0 saturated heterocycles. The van der Waals surface area contributed by atoms with E-state index in [-0.39, 0.29) is 0 Å². The first-order chi connectivity index (χ1) is 7.25. The van der Waals surface area contributed by atoms with Crippen molar-refractivity contribution in [3.8, 4) is 0 Å². The number of hydrogen-bond donors (Lipinski definition) is 1. The predicted octanol–water partition coefficient (Wildman–Crippen LogP) is 2.70. The van der Waals surface area contributed by atoms with Gasteiger partial charge in [-0.1, -0.05) is 28.1 Å². The highest BCUT2D eigenvalue weighted by atomic mass is 79.9. The van der Waals surface area contributed by atoms with E-state index in [2.05, 4.69) is 31.2 Å². The van der Waals surface area contributed by atoms with Gasteiger partial charge in [0.1, 0.15) is 16.5 Å². The van der Waals surface area contributed by atoms with Crippen LogP contribution in [0.1, 0.15) is 0 Å². The number of benzene rings is 1. The van der Waals surface area contributed by atoms with Gasteiger partial charge in [-0.25, -0.2) is 4.52 Å². The summed E-state index contributed by atoms with van der Waals surface area (Å²) in [4.78, 5) is 0. The minimum Gasteiger partial charge on any atom is -0.264 e. The molecule has 3 aromatic rings. The van der Waals surface area contributed by atoms with Crippen molar-refractivity contribution < 1.29 is 0 Å². The predicted molar refractivity (Wildman–Crippen MR) is 63.4 cm³/mol. The monoisotopic (exact) mass is 280 g/mol. The molecule has 3 rings (SSSR count). The first kappa shape index (κ1) is 8.99. The average molecular weight is 281 g/mol. The number of halogens is 1. The van der Waals surface area contributed by atoms with Gasteiger partial charge in [-0.15, -0.1) is 0 Å². The van der Waals surface area contributed by atoms with E-state index in [4.69, 9.17) is 12.2 Å². The van der Waals surface area contributed by atoms with Crippen LogP contribution in [0.3, 0.4) is 0 Å². The molecule has 0 saturated carbocycles. The summed E-state index contributed by atoms with van der Waals surface area (Å²) in [6, 6.07) is 5.90. The summed E-state index contributed by atoms with van der Waals surface area (Å²) >= 11 is 8.61. The molecule has 15 heavy (non-hydrogen) atoms. The van der Waals surface area contributed by atoms with Crippen molar-refractivity contribution in [2.45, 2.75) is 0 Å². The van der Waals surface area contributed by atoms with Crippen molar-refractivity contribution in [1.82, 2.24) is 19.8 Å². The van der Waals surface area contributed by atoms with Gasteiger partial charge in [0.15, 0.2) is 0 Å². The van der Waals surface area contributed by atoms with E-state index >= 15 is 0 Å². The van der Waals surface area contributed by atoms with Gasteiger partial charge in [0.05, 0.1) is 5.52 Å². The number of hydrogen-bond acceptors (Lipinski definition) is 3. The van der Waals surface area contributed by atoms with Gasteiger partial charge in [-0.2, -0.15) is 10.2 Å². The van der Waals surface area contributed by atoms with E-state index in [0.717, 1.165) is 20.9 Å². The Labute approximate surface area is 98.1 Å². The molecule has 0 aliphatic rings. The van der Waals surface area contributed by atoms with Crippen LogP contribution in [0, 0.1) is 4.64 Å². The van der Waals surface area contributed by atoms with E-state index in [9.17, 15) is 0 Å². The molecule has 0 aliphatic heterocycles. The third-order valence-corrected chi connectivity index (χ3v) is 2.98. The van der Waals surface area contributed by atoms with Crippen LogP contribution < -0.4 is 0 Å². The quantitative estimate of drug-likeness (QED) is 0.644. The van der Waals surface area contributed by atoms with Crippen LogP contribution in [0.25, 0.3) is 16.4 Å². The summed E-state index contributed by atoms with van der Waals surface area (Å²) in [5.41, 5.74) is 1.79. The molecule has 0 spiro atoms. The number of fused-ring (bicyclic) bond motifs is 3. The van der Waals surface area contributed by atoms with Crippen LogP contribution in [-0.4, -0.2) is 19.8 Å². The van der Waals surface area contributed by atoms with Gasteiger partial charge in [0, 0.05) is 9.86 Å². The summed E-state index contributed by atoms with van der Waals surface area (Å²) in [5, 5.41) is 12.0. The Morgan fingerprint density at radius 3 is 3.13 bits per heavy atom. The average Bonchev–Trinajstić information content (AvgIpc) is 2.57. The Bertz CT molecular complexity index is 715. The zero-order valence-corrected chi connectivity index (χ0v) is 9.84. The second-order valence-electron chi connectivity index (χ2n) is 3.14. The van der Waals surface area contributed by atoms with Crippen molar-refractivity contribution in [1.29, 1.82) is 0 Å². The number of aromatic amines is 1. The van der Waals surface area contributed by atoms with Crippen LogP contribution in [0.2, 0.25) is 0 Å². The maximum absolute atomic E-state index is 5.18. The molecule has 2 heterocycles. The third kappa shape index (κ3) is 1.29. The highest BCUT2D eigenvalue weighted by Gasteiger charge is 2.06. The first-order valence-corrected chi connectivity index (χ1v) is 5.47. The fourth-order valence-corrected chi connectivity index (χ4v) is 2.20. The normalized spacial score (nSPS) is 11.3. The molecular weight excluding hydrogens is 276 g/mol. The molecule has 0 atom stereocenters. The Morgan fingerprint density at radius 1 is 1.40 bits per heavy atom. The lowest BCUT2D eigenvalue weighted by atomic mass is 10.2. The van der Waals surface area contributed by atoms with Gasteiger partial charge < -0.3 is 0 Å². The Hall–Kier alpha value is -1.27. The molecule has 0 aliphatic carbocycles. The summed E-state index contributed by atoms with van der Waals surface area (Å²) < 4.78 is 3.30. The van der Waals surface area contributed by atoms with Crippen molar-refractivity contribution >= 4 is 44.6 Å². The lowest BCUT2D eigenvalue weighted by molar-refractivity contribution is 0.866. The Kier molecular flexibility index (Phi) is 1.86. The highest BCUT2D eigenvalue weighted by molar-refractivity contribution is 9.10. The molecule has 0 bridgehead atoms. The standard InChI is InChI=1S/C9H5BrN4S/c10-5-1-2-7-6(3-5)8-9(15)12-11-4-14(8)13-7/h1-4H,(H,12,15). The molecule has 1 aromatic carbocycles. The van der Waals surface area contributed by atoms with Crippen LogP contribution in [0.4, 0.5) is 0 Å². The summed E-state index contributed by atoms with van der Waals surface area (Å²) in [5.74, 6) is 0. The smallest absolute Gasteiger partial charge is 0.146 e. The van der Waals surface area contributed by atoms with Crippen molar-refractivity contribution in [2.24, 2.45) is 0 Å². The molecule has 0 radical (unpaired) electrons. The van der Waals surface area contributed by atoms with Gasteiger partial charge in [-0.05, 0) is 18.2 Å². The van der Waals surface area contributed by atoms with E-state index in [1.165, 1.54) is 0 Å². The molecule has 1 N–H and O–H groups in total.